The Labute approximate surface area is 177 Å². The average Bonchev–Trinajstić information content (AvgIpc) is 3.30. The summed E-state index contributed by atoms with van der Waals surface area (Å²) in [5, 5.41) is 10.2. The van der Waals surface area contributed by atoms with Gasteiger partial charge in [0.05, 0.1) is 17.2 Å². The van der Waals surface area contributed by atoms with Crippen LogP contribution in [0.3, 0.4) is 0 Å². The summed E-state index contributed by atoms with van der Waals surface area (Å²) in [7, 11) is 0. The highest BCUT2D eigenvalue weighted by Crippen LogP contribution is 2.19. The minimum absolute atomic E-state index is 0. The van der Waals surface area contributed by atoms with E-state index in [1.165, 1.54) is 10.7 Å². The Hall–Kier alpha value is -1.35. The van der Waals surface area contributed by atoms with Crippen LogP contribution < -0.4 is 15.5 Å². The van der Waals surface area contributed by atoms with Crippen molar-refractivity contribution in [3.05, 3.63) is 46.4 Å². The van der Waals surface area contributed by atoms with Crippen molar-refractivity contribution in [2.75, 3.05) is 24.5 Å². The molecular formula is C19H28IN5S. The number of nitrogens with zero attached hydrogens (tertiary/aromatic N) is 3. The fraction of sp³-hybridized carbons (Fsp3) is 0.474. The van der Waals surface area contributed by atoms with Crippen LogP contribution in [0.2, 0.25) is 0 Å². The third-order valence-corrected chi connectivity index (χ3v) is 5.34. The third kappa shape index (κ3) is 5.84. The minimum Gasteiger partial charge on any atom is -0.369 e. The largest absolute Gasteiger partial charge is 0.369 e. The molecule has 26 heavy (non-hydrogen) atoms. The van der Waals surface area contributed by atoms with E-state index in [2.05, 4.69) is 70.1 Å². The molecule has 0 amide bonds. The Bertz CT molecular complexity index is 688. The van der Waals surface area contributed by atoms with Crippen LogP contribution in [0.4, 0.5) is 5.69 Å². The van der Waals surface area contributed by atoms with Gasteiger partial charge in [-0.25, -0.2) is 9.98 Å². The SMILES string of the molecule is CCNC(=NCc1csc(CC)n1)NC1CCN(c2ccccc2)C1.I. The zero-order valence-corrected chi connectivity index (χ0v) is 18.6. The third-order valence-electron chi connectivity index (χ3n) is 4.30. The molecule has 1 aliphatic heterocycles. The fourth-order valence-electron chi connectivity index (χ4n) is 3.01. The van der Waals surface area contributed by atoms with Crippen LogP contribution >= 0.6 is 35.3 Å². The maximum Gasteiger partial charge on any atom is 0.191 e. The Kier molecular flexibility index (Phi) is 8.64. The van der Waals surface area contributed by atoms with E-state index in [0.29, 0.717) is 12.6 Å². The lowest BCUT2D eigenvalue weighted by atomic mass is 10.3. The number of nitrogens with one attached hydrogen (secondary N) is 2. The summed E-state index contributed by atoms with van der Waals surface area (Å²) in [6, 6.07) is 11.0. The zero-order valence-electron chi connectivity index (χ0n) is 15.4. The van der Waals surface area contributed by atoms with Gasteiger partial charge in [0.1, 0.15) is 0 Å². The van der Waals surface area contributed by atoms with Crippen molar-refractivity contribution in [1.29, 1.82) is 0 Å². The van der Waals surface area contributed by atoms with Gasteiger partial charge in [-0.3, -0.25) is 0 Å². The molecule has 0 radical (unpaired) electrons. The molecule has 7 heteroatoms. The van der Waals surface area contributed by atoms with E-state index < -0.39 is 0 Å². The molecule has 2 heterocycles. The lowest BCUT2D eigenvalue weighted by Gasteiger charge is -2.20. The van der Waals surface area contributed by atoms with Crippen molar-refractivity contribution >= 4 is 47.0 Å². The summed E-state index contributed by atoms with van der Waals surface area (Å²) < 4.78 is 0. The summed E-state index contributed by atoms with van der Waals surface area (Å²) in [4.78, 5) is 11.7. The number of para-hydroxylation sites is 1. The molecule has 1 aromatic carbocycles. The Morgan fingerprint density at radius 2 is 2.12 bits per heavy atom. The first-order valence-corrected chi connectivity index (χ1v) is 9.94. The number of hydrogen-bond acceptors (Lipinski definition) is 4. The van der Waals surface area contributed by atoms with Crippen molar-refractivity contribution < 1.29 is 0 Å². The molecule has 0 spiro atoms. The molecule has 1 aromatic heterocycles. The van der Waals surface area contributed by atoms with E-state index in [9.17, 15) is 0 Å². The molecule has 2 N–H and O–H groups in total. The van der Waals surface area contributed by atoms with E-state index >= 15 is 0 Å². The second-order valence-electron chi connectivity index (χ2n) is 6.19. The number of rotatable bonds is 6. The highest BCUT2D eigenvalue weighted by Gasteiger charge is 2.23. The van der Waals surface area contributed by atoms with Crippen LogP contribution in [0.5, 0.6) is 0 Å². The Balaban J connectivity index is 0.00000243. The Morgan fingerprint density at radius 1 is 1.31 bits per heavy atom. The highest BCUT2D eigenvalue weighted by atomic mass is 127. The summed E-state index contributed by atoms with van der Waals surface area (Å²) in [6.07, 6.45) is 2.11. The van der Waals surface area contributed by atoms with Gasteiger partial charge in [0.2, 0.25) is 0 Å². The van der Waals surface area contributed by atoms with E-state index in [-0.39, 0.29) is 24.0 Å². The number of guanidine groups is 1. The standard InChI is InChI=1S/C19H27N5S.HI/c1-3-18-22-16(14-25-18)12-21-19(20-4-2)23-15-10-11-24(13-15)17-8-6-5-7-9-17;/h5-9,14-15H,3-4,10-13H2,1-2H3,(H2,20,21,23);1H. The first-order chi connectivity index (χ1) is 12.3. The molecule has 142 valence electrons. The number of halogens is 1. The van der Waals surface area contributed by atoms with E-state index in [4.69, 9.17) is 4.99 Å². The van der Waals surface area contributed by atoms with Gasteiger partial charge in [0.15, 0.2) is 5.96 Å². The minimum atomic E-state index is 0. The molecule has 0 saturated carbocycles. The van der Waals surface area contributed by atoms with Crippen LogP contribution in [0.1, 0.15) is 31.0 Å². The molecule has 1 unspecified atom stereocenters. The summed E-state index contributed by atoms with van der Waals surface area (Å²) in [5.41, 5.74) is 2.35. The van der Waals surface area contributed by atoms with Crippen LogP contribution in [-0.4, -0.2) is 36.6 Å². The smallest absolute Gasteiger partial charge is 0.191 e. The van der Waals surface area contributed by atoms with Gasteiger partial charge in [-0.15, -0.1) is 35.3 Å². The zero-order chi connectivity index (χ0) is 17.5. The van der Waals surface area contributed by atoms with Gasteiger partial charge >= 0.3 is 0 Å². The van der Waals surface area contributed by atoms with Crippen LogP contribution in [-0.2, 0) is 13.0 Å². The van der Waals surface area contributed by atoms with Gasteiger partial charge in [-0.05, 0) is 31.9 Å². The van der Waals surface area contributed by atoms with E-state index in [1.807, 2.05) is 0 Å². The number of thiazole rings is 1. The van der Waals surface area contributed by atoms with Crippen molar-refractivity contribution in [3.63, 3.8) is 0 Å². The van der Waals surface area contributed by atoms with Gasteiger partial charge in [0.25, 0.3) is 0 Å². The first kappa shape index (κ1) is 21.0. The van der Waals surface area contributed by atoms with Gasteiger partial charge < -0.3 is 15.5 Å². The predicted octanol–water partition coefficient (Wildman–Crippen LogP) is 3.66. The number of aromatic nitrogens is 1. The number of benzene rings is 1. The molecule has 1 saturated heterocycles. The van der Waals surface area contributed by atoms with Crippen LogP contribution in [0.25, 0.3) is 0 Å². The monoisotopic (exact) mass is 485 g/mol. The predicted molar refractivity (Wildman–Crippen MR) is 122 cm³/mol. The molecule has 3 rings (SSSR count). The quantitative estimate of drug-likeness (QED) is 0.373. The summed E-state index contributed by atoms with van der Waals surface area (Å²) in [5.74, 6) is 0.883. The van der Waals surface area contributed by atoms with Crippen LogP contribution in [0, 0.1) is 0 Å². The first-order valence-electron chi connectivity index (χ1n) is 9.06. The summed E-state index contributed by atoms with van der Waals surface area (Å²) in [6.45, 7) is 7.80. The molecule has 0 bridgehead atoms. The molecular weight excluding hydrogens is 457 g/mol. The molecule has 1 atom stereocenters. The number of aryl methyl sites for hydroxylation is 1. The maximum atomic E-state index is 4.71. The van der Waals surface area contributed by atoms with Gasteiger partial charge in [-0.2, -0.15) is 0 Å². The lowest BCUT2D eigenvalue weighted by molar-refractivity contribution is 0.649. The van der Waals surface area contributed by atoms with E-state index in [1.54, 1.807) is 11.3 Å². The van der Waals surface area contributed by atoms with E-state index in [0.717, 1.165) is 44.1 Å². The number of aliphatic imine (C=N–C) groups is 1. The second kappa shape index (κ2) is 10.7. The molecule has 0 aliphatic carbocycles. The number of anilines is 1. The van der Waals surface area contributed by atoms with Crippen molar-refractivity contribution in [3.8, 4) is 0 Å². The second-order valence-corrected chi connectivity index (χ2v) is 7.14. The molecule has 5 nitrogen and oxygen atoms in total. The van der Waals surface area contributed by atoms with Crippen molar-refractivity contribution in [2.45, 2.75) is 39.3 Å². The normalized spacial score (nSPS) is 17.1. The number of hydrogen-bond donors (Lipinski definition) is 2. The molecule has 2 aromatic rings. The topological polar surface area (TPSA) is 52.6 Å². The lowest BCUT2D eigenvalue weighted by Crippen LogP contribution is -2.44. The van der Waals surface area contributed by atoms with Crippen LogP contribution in [0.15, 0.2) is 40.7 Å². The van der Waals surface area contributed by atoms with Crippen molar-refractivity contribution in [2.24, 2.45) is 4.99 Å². The molecule has 1 fully saturated rings. The average molecular weight is 485 g/mol. The highest BCUT2D eigenvalue weighted by molar-refractivity contribution is 14.0. The van der Waals surface area contributed by atoms with Crippen molar-refractivity contribution in [1.82, 2.24) is 15.6 Å². The van der Waals surface area contributed by atoms with Gasteiger partial charge in [-0.1, -0.05) is 25.1 Å². The fourth-order valence-corrected chi connectivity index (χ4v) is 3.74. The maximum absolute atomic E-state index is 4.71. The molecule has 1 aliphatic rings. The summed E-state index contributed by atoms with van der Waals surface area (Å²) >= 11 is 1.72. The Morgan fingerprint density at radius 3 is 2.81 bits per heavy atom. The van der Waals surface area contributed by atoms with Gasteiger partial charge in [0, 0.05) is 36.7 Å².